The van der Waals surface area contributed by atoms with Crippen LogP contribution in [0, 0.1) is 20.8 Å². The van der Waals surface area contributed by atoms with Gasteiger partial charge in [-0.05, 0) is 56.2 Å². The van der Waals surface area contributed by atoms with Crippen LogP contribution < -0.4 is 10.1 Å². The number of nitrogens with zero attached hydrogens (tertiary/aromatic N) is 1. The highest BCUT2D eigenvalue weighted by Gasteiger charge is 2.12. The summed E-state index contributed by atoms with van der Waals surface area (Å²) in [6.07, 6.45) is 0.758. The third-order valence-corrected chi connectivity index (χ3v) is 4.83. The van der Waals surface area contributed by atoms with Gasteiger partial charge < -0.3 is 4.74 Å². The zero-order valence-electron chi connectivity index (χ0n) is 15.4. The lowest BCUT2D eigenvalue weighted by atomic mass is 9.98. The van der Waals surface area contributed by atoms with E-state index >= 15 is 0 Å². The highest BCUT2D eigenvalue weighted by molar-refractivity contribution is 7.14. The minimum Gasteiger partial charge on any atom is -0.484 e. The summed E-state index contributed by atoms with van der Waals surface area (Å²) in [4.78, 5) is 27.3. The summed E-state index contributed by atoms with van der Waals surface area (Å²) >= 11 is 1.38. The number of carbonyl (C=O) groups excluding carboxylic acids is 2. The van der Waals surface area contributed by atoms with E-state index in [9.17, 15) is 9.59 Å². The molecule has 0 unspecified atom stereocenters. The first kappa shape index (κ1) is 18.8. The standard InChI is InChI=1S/C21H20N2O3S/c1-13-8-14(2)20(15(3)9-13)18-12-27-21(22-18)23-19(25)11-26-17-6-4-16(10-24)5-7-17/h4-10,12H,11H2,1-3H3,(H,22,23,25). The van der Waals surface area contributed by atoms with Crippen molar-refractivity contribution in [3.8, 4) is 17.0 Å². The first-order valence-corrected chi connectivity index (χ1v) is 9.36. The van der Waals surface area contributed by atoms with Gasteiger partial charge in [-0.25, -0.2) is 4.98 Å². The molecule has 1 heterocycles. The Morgan fingerprint density at radius 3 is 2.44 bits per heavy atom. The molecule has 1 N–H and O–H groups in total. The summed E-state index contributed by atoms with van der Waals surface area (Å²) in [6.45, 7) is 6.08. The second-order valence-electron chi connectivity index (χ2n) is 6.34. The molecule has 0 bridgehead atoms. The molecule has 138 valence electrons. The van der Waals surface area contributed by atoms with E-state index in [1.165, 1.54) is 16.9 Å². The number of hydrogen-bond donors (Lipinski definition) is 1. The van der Waals surface area contributed by atoms with E-state index in [-0.39, 0.29) is 12.5 Å². The lowest BCUT2D eigenvalue weighted by Crippen LogP contribution is -2.20. The van der Waals surface area contributed by atoms with Gasteiger partial charge in [-0.1, -0.05) is 17.7 Å². The Morgan fingerprint density at radius 1 is 1.15 bits per heavy atom. The molecule has 27 heavy (non-hydrogen) atoms. The molecule has 5 nitrogen and oxygen atoms in total. The minimum atomic E-state index is -0.285. The number of aromatic nitrogens is 1. The number of ether oxygens (including phenoxy) is 1. The van der Waals surface area contributed by atoms with Crippen LogP contribution in [0.25, 0.3) is 11.3 Å². The molecule has 0 radical (unpaired) electrons. The van der Waals surface area contributed by atoms with Gasteiger partial charge in [0.2, 0.25) is 0 Å². The molecule has 0 aliphatic heterocycles. The minimum absolute atomic E-state index is 0.127. The second-order valence-corrected chi connectivity index (χ2v) is 7.19. The summed E-state index contributed by atoms with van der Waals surface area (Å²) in [7, 11) is 0. The molecule has 0 atom stereocenters. The van der Waals surface area contributed by atoms with Crippen molar-refractivity contribution >= 4 is 28.7 Å². The SMILES string of the molecule is Cc1cc(C)c(-c2csc(NC(=O)COc3ccc(C=O)cc3)n2)c(C)c1. The van der Waals surface area contributed by atoms with E-state index < -0.39 is 0 Å². The van der Waals surface area contributed by atoms with E-state index in [0.29, 0.717) is 16.4 Å². The van der Waals surface area contributed by atoms with E-state index in [0.717, 1.165) is 28.7 Å². The lowest BCUT2D eigenvalue weighted by Gasteiger charge is -2.09. The molecule has 0 aliphatic rings. The van der Waals surface area contributed by atoms with Crippen LogP contribution in [0.5, 0.6) is 5.75 Å². The van der Waals surface area contributed by atoms with Gasteiger partial charge in [0.1, 0.15) is 12.0 Å². The fraction of sp³-hybridized carbons (Fsp3) is 0.190. The van der Waals surface area contributed by atoms with E-state index in [4.69, 9.17) is 4.74 Å². The van der Waals surface area contributed by atoms with Crippen LogP contribution in [-0.4, -0.2) is 23.8 Å². The molecule has 2 aromatic carbocycles. The first-order valence-electron chi connectivity index (χ1n) is 8.48. The van der Waals surface area contributed by atoms with Crippen molar-refractivity contribution < 1.29 is 14.3 Å². The molecule has 0 saturated heterocycles. The normalized spacial score (nSPS) is 10.5. The van der Waals surface area contributed by atoms with Gasteiger partial charge in [0.15, 0.2) is 11.7 Å². The smallest absolute Gasteiger partial charge is 0.264 e. The van der Waals surface area contributed by atoms with Gasteiger partial charge in [-0.15, -0.1) is 11.3 Å². The van der Waals surface area contributed by atoms with E-state index in [1.807, 2.05) is 5.38 Å². The number of aldehydes is 1. The first-order chi connectivity index (χ1) is 13.0. The Hall–Kier alpha value is -2.99. The van der Waals surface area contributed by atoms with Crippen LogP contribution in [0.15, 0.2) is 41.8 Å². The number of anilines is 1. The summed E-state index contributed by atoms with van der Waals surface area (Å²) in [5.41, 5.74) is 6.06. The number of hydrogen-bond acceptors (Lipinski definition) is 5. The van der Waals surface area contributed by atoms with Crippen LogP contribution in [0.2, 0.25) is 0 Å². The zero-order valence-corrected chi connectivity index (χ0v) is 16.2. The summed E-state index contributed by atoms with van der Waals surface area (Å²) in [5.74, 6) is 0.245. The molecule has 3 aromatic rings. The van der Waals surface area contributed by atoms with Crippen LogP contribution in [0.3, 0.4) is 0 Å². The molecular weight excluding hydrogens is 360 g/mol. The maximum Gasteiger partial charge on any atom is 0.264 e. The molecule has 1 aromatic heterocycles. The number of carbonyl (C=O) groups is 2. The molecule has 0 spiro atoms. The van der Waals surface area contributed by atoms with Crippen molar-refractivity contribution in [3.63, 3.8) is 0 Å². The van der Waals surface area contributed by atoms with Crippen LogP contribution in [0.1, 0.15) is 27.0 Å². The van der Waals surface area contributed by atoms with Gasteiger partial charge in [-0.2, -0.15) is 0 Å². The van der Waals surface area contributed by atoms with Gasteiger partial charge in [0, 0.05) is 16.5 Å². The molecular formula is C21H20N2O3S. The van der Waals surface area contributed by atoms with E-state index in [1.54, 1.807) is 24.3 Å². The van der Waals surface area contributed by atoms with Gasteiger partial charge >= 0.3 is 0 Å². The Morgan fingerprint density at radius 2 is 1.81 bits per heavy atom. The quantitative estimate of drug-likeness (QED) is 0.636. The van der Waals surface area contributed by atoms with Crippen LogP contribution in [-0.2, 0) is 4.79 Å². The number of aryl methyl sites for hydroxylation is 3. The molecule has 1 amide bonds. The van der Waals surface area contributed by atoms with Gasteiger partial charge in [-0.3, -0.25) is 14.9 Å². The monoisotopic (exact) mass is 380 g/mol. The third-order valence-electron chi connectivity index (χ3n) is 4.07. The fourth-order valence-electron chi connectivity index (χ4n) is 2.98. The zero-order chi connectivity index (χ0) is 19.4. The van der Waals surface area contributed by atoms with Crippen LogP contribution >= 0.6 is 11.3 Å². The third kappa shape index (κ3) is 4.60. The Kier molecular flexibility index (Phi) is 5.66. The van der Waals surface area contributed by atoms with Crippen molar-refractivity contribution in [1.29, 1.82) is 0 Å². The van der Waals surface area contributed by atoms with Crippen molar-refractivity contribution in [1.82, 2.24) is 4.98 Å². The maximum atomic E-state index is 12.1. The summed E-state index contributed by atoms with van der Waals surface area (Å²) in [5, 5.41) is 5.24. The number of amides is 1. The van der Waals surface area contributed by atoms with Crippen LogP contribution in [0.4, 0.5) is 5.13 Å². The number of benzene rings is 2. The largest absolute Gasteiger partial charge is 0.484 e. The fourth-order valence-corrected chi connectivity index (χ4v) is 3.69. The predicted molar refractivity (Wildman–Crippen MR) is 108 cm³/mol. The van der Waals surface area contributed by atoms with Crippen molar-refractivity contribution in [2.45, 2.75) is 20.8 Å². The van der Waals surface area contributed by atoms with Crippen molar-refractivity contribution in [3.05, 3.63) is 64.0 Å². The topological polar surface area (TPSA) is 68.3 Å². The average Bonchev–Trinajstić information content (AvgIpc) is 3.07. The van der Waals surface area contributed by atoms with Gasteiger partial charge in [0.05, 0.1) is 5.69 Å². The summed E-state index contributed by atoms with van der Waals surface area (Å²) in [6, 6.07) is 10.8. The lowest BCUT2D eigenvalue weighted by molar-refractivity contribution is -0.118. The highest BCUT2D eigenvalue weighted by atomic mass is 32.1. The van der Waals surface area contributed by atoms with E-state index in [2.05, 4.69) is 43.2 Å². The van der Waals surface area contributed by atoms with Crippen molar-refractivity contribution in [2.75, 3.05) is 11.9 Å². The molecule has 6 heteroatoms. The molecule has 3 rings (SSSR count). The molecule has 0 saturated carbocycles. The number of thiazole rings is 1. The van der Waals surface area contributed by atoms with Gasteiger partial charge in [0.25, 0.3) is 5.91 Å². The molecule has 0 aliphatic carbocycles. The maximum absolute atomic E-state index is 12.1. The van der Waals surface area contributed by atoms with Crippen molar-refractivity contribution in [2.24, 2.45) is 0 Å². The highest BCUT2D eigenvalue weighted by Crippen LogP contribution is 2.31. The molecule has 0 fully saturated rings. The number of nitrogens with one attached hydrogen (secondary N) is 1. The average molecular weight is 380 g/mol. The Labute approximate surface area is 162 Å². The summed E-state index contributed by atoms with van der Waals surface area (Å²) < 4.78 is 5.43. The Balaban J connectivity index is 1.63. The Bertz CT molecular complexity index is 954. The predicted octanol–water partition coefficient (Wildman–Crippen LogP) is 4.57. The second kappa shape index (κ2) is 8.14. The number of rotatable bonds is 6.